The fourth-order valence-electron chi connectivity index (χ4n) is 3.88. The van der Waals surface area contributed by atoms with E-state index in [-0.39, 0.29) is 0 Å². The van der Waals surface area contributed by atoms with Crippen molar-refractivity contribution in [2.45, 2.75) is 39.2 Å². The molecule has 4 N–H and O–H groups in total. The summed E-state index contributed by atoms with van der Waals surface area (Å²) in [7, 11) is 0. The summed E-state index contributed by atoms with van der Waals surface area (Å²) in [6.07, 6.45) is 4.72. The zero-order chi connectivity index (χ0) is 19.6. The van der Waals surface area contributed by atoms with Crippen molar-refractivity contribution in [2.24, 2.45) is 0 Å². The average molecular weight is 369 g/mol. The maximum Gasteiger partial charge on any atom is 0.296 e. The SMILES string of the molecule is C=C1CCCN1C1CCN(c2ccc(NC(=O)C(=O)C=C(C)[NH3+])c(C)c2)C1. The molecule has 3 rings (SSSR count). The minimum atomic E-state index is -0.636. The zero-order valence-electron chi connectivity index (χ0n) is 16.3. The van der Waals surface area contributed by atoms with Crippen LogP contribution in [-0.4, -0.2) is 42.3 Å². The van der Waals surface area contributed by atoms with Gasteiger partial charge in [0.2, 0.25) is 5.78 Å². The van der Waals surface area contributed by atoms with E-state index in [2.05, 4.69) is 33.5 Å². The molecule has 144 valence electrons. The summed E-state index contributed by atoms with van der Waals surface area (Å²) in [5, 5.41) is 2.69. The monoisotopic (exact) mass is 369 g/mol. The van der Waals surface area contributed by atoms with Crippen molar-refractivity contribution in [3.63, 3.8) is 0 Å². The van der Waals surface area contributed by atoms with Gasteiger partial charge in [-0.3, -0.25) is 9.59 Å². The Hall–Kier alpha value is -2.60. The Kier molecular flexibility index (Phi) is 5.65. The molecule has 0 radical (unpaired) electrons. The van der Waals surface area contributed by atoms with E-state index < -0.39 is 11.7 Å². The second-order valence-electron chi connectivity index (χ2n) is 7.56. The molecule has 1 amide bonds. The Morgan fingerprint density at radius 2 is 2.11 bits per heavy atom. The third-order valence-corrected chi connectivity index (χ3v) is 5.30. The minimum Gasteiger partial charge on any atom is -0.370 e. The van der Waals surface area contributed by atoms with E-state index in [0.717, 1.165) is 43.7 Å². The first kappa shape index (κ1) is 19.2. The standard InChI is InChI=1S/C21H28N4O2/c1-14-11-17(6-7-19(14)23-21(27)20(26)12-15(2)22)24-10-8-18(13-24)25-9-4-5-16(25)3/h6-7,11-12,18H,3-5,8-10,13,22H2,1-2H3,(H,23,27)/p+1. The molecule has 27 heavy (non-hydrogen) atoms. The second-order valence-corrected chi connectivity index (χ2v) is 7.56. The lowest BCUT2D eigenvalue weighted by atomic mass is 10.1. The first-order chi connectivity index (χ1) is 12.8. The molecule has 2 aliphatic rings. The molecule has 6 heteroatoms. The number of ketones is 1. The third-order valence-electron chi connectivity index (χ3n) is 5.30. The van der Waals surface area contributed by atoms with Gasteiger partial charge in [0.05, 0.1) is 0 Å². The molecular formula is C21H29N4O2+. The Morgan fingerprint density at radius 3 is 2.74 bits per heavy atom. The molecule has 0 saturated carbocycles. The van der Waals surface area contributed by atoms with E-state index in [0.29, 0.717) is 17.4 Å². The van der Waals surface area contributed by atoms with Crippen molar-refractivity contribution in [1.29, 1.82) is 0 Å². The molecule has 1 aromatic carbocycles. The Balaban J connectivity index is 1.65. The number of carbonyl (C=O) groups excluding carboxylic acids is 2. The van der Waals surface area contributed by atoms with Gasteiger partial charge in [-0.25, -0.2) is 0 Å². The zero-order valence-corrected chi connectivity index (χ0v) is 16.3. The van der Waals surface area contributed by atoms with E-state index >= 15 is 0 Å². The number of aryl methyl sites for hydroxylation is 1. The predicted octanol–water partition coefficient (Wildman–Crippen LogP) is 1.84. The number of anilines is 2. The van der Waals surface area contributed by atoms with Gasteiger partial charge in [-0.1, -0.05) is 6.58 Å². The lowest BCUT2D eigenvalue weighted by molar-refractivity contribution is -0.301. The second kappa shape index (κ2) is 7.96. The quantitative estimate of drug-likeness (QED) is 0.613. The number of carbonyl (C=O) groups is 2. The van der Waals surface area contributed by atoms with Gasteiger partial charge in [0.15, 0.2) is 0 Å². The van der Waals surface area contributed by atoms with Crippen LogP contribution in [0.2, 0.25) is 0 Å². The smallest absolute Gasteiger partial charge is 0.296 e. The van der Waals surface area contributed by atoms with Crippen LogP contribution >= 0.6 is 0 Å². The molecule has 2 aliphatic heterocycles. The van der Waals surface area contributed by atoms with Gasteiger partial charge in [0.25, 0.3) is 5.91 Å². The largest absolute Gasteiger partial charge is 0.370 e. The predicted molar refractivity (Wildman–Crippen MR) is 107 cm³/mol. The number of likely N-dealkylation sites (tertiary alicyclic amines) is 1. The van der Waals surface area contributed by atoms with Gasteiger partial charge >= 0.3 is 0 Å². The molecule has 2 saturated heterocycles. The number of allylic oxidation sites excluding steroid dienone is 2. The lowest BCUT2D eigenvalue weighted by Gasteiger charge is -2.27. The molecule has 1 unspecified atom stereocenters. The fraction of sp³-hybridized carbons (Fsp3) is 0.429. The van der Waals surface area contributed by atoms with Crippen LogP contribution in [0.25, 0.3) is 0 Å². The molecule has 1 aromatic rings. The molecule has 0 spiro atoms. The fourth-order valence-corrected chi connectivity index (χ4v) is 3.88. The Bertz CT molecular complexity index is 795. The van der Waals surface area contributed by atoms with Crippen molar-refractivity contribution in [3.05, 3.63) is 47.8 Å². The van der Waals surface area contributed by atoms with Gasteiger partial charge in [-0.2, -0.15) is 0 Å². The van der Waals surface area contributed by atoms with E-state index in [1.165, 1.54) is 18.2 Å². The summed E-state index contributed by atoms with van der Waals surface area (Å²) in [6, 6.07) is 6.49. The van der Waals surface area contributed by atoms with Crippen LogP contribution < -0.4 is 16.0 Å². The van der Waals surface area contributed by atoms with E-state index in [4.69, 9.17) is 0 Å². The van der Waals surface area contributed by atoms with Crippen LogP contribution in [0, 0.1) is 6.92 Å². The summed E-state index contributed by atoms with van der Waals surface area (Å²) < 4.78 is 0. The van der Waals surface area contributed by atoms with Crippen molar-refractivity contribution >= 4 is 23.1 Å². The molecule has 0 bridgehead atoms. The van der Waals surface area contributed by atoms with Gasteiger partial charge in [0.1, 0.15) is 5.70 Å². The first-order valence-corrected chi connectivity index (χ1v) is 9.50. The lowest BCUT2D eigenvalue weighted by Crippen LogP contribution is -2.46. The highest BCUT2D eigenvalue weighted by molar-refractivity contribution is 6.44. The first-order valence-electron chi connectivity index (χ1n) is 9.50. The molecule has 6 nitrogen and oxygen atoms in total. The summed E-state index contributed by atoms with van der Waals surface area (Å²) in [4.78, 5) is 28.6. The summed E-state index contributed by atoms with van der Waals surface area (Å²) >= 11 is 0. The summed E-state index contributed by atoms with van der Waals surface area (Å²) in [5.41, 5.74) is 8.21. The highest BCUT2D eigenvalue weighted by Crippen LogP contribution is 2.30. The third kappa shape index (κ3) is 4.39. The topological polar surface area (TPSA) is 80.3 Å². The van der Waals surface area contributed by atoms with Crippen molar-refractivity contribution in [2.75, 3.05) is 29.9 Å². The van der Waals surface area contributed by atoms with Crippen molar-refractivity contribution in [1.82, 2.24) is 4.90 Å². The number of nitrogens with zero attached hydrogens (tertiary/aromatic N) is 2. The number of benzene rings is 1. The highest BCUT2D eigenvalue weighted by atomic mass is 16.2. The maximum atomic E-state index is 12.0. The van der Waals surface area contributed by atoms with Gasteiger partial charge in [-0.15, -0.1) is 0 Å². The van der Waals surface area contributed by atoms with Crippen LogP contribution in [0.15, 0.2) is 42.2 Å². The average Bonchev–Trinajstić information content (AvgIpc) is 3.24. The van der Waals surface area contributed by atoms with Crippen LogP contribution in [0.1, 0.15) is 31.7 Å². The number of rotatable bonds is 5. The Morgan fingerprint density at radius 1 is 1.33 bits per heavy atom. The number of nitrogens with one attached hydrogen (secondary N) is 1. The number of quaternary nitrogens is 1. The van der Waals surface area contributed by atoms with Gasteiger partial charge in [0, 0.05) is 55.7 Å². The minimum absolute atomic E-state index is 0.537. The molecular weight excluding hydrogens is 340 g/mol. The van der Waals surface area contributed by atoms with Gasteiger partial charge in [-0.05, 0) is 49.9 Å². The van der Waals surface area contributed by atoms with Crippen LogP contribution in [0.5, 0.6) is 0 Å². The number of amides is 1. The van der Waals surface area contributed by atoms with E-state index in [1.54, 1.807) is 6.92 Å². The summed E-state index contributed by atoms with van der Waals surface area (Å²) in [6.45, 7) is 11.0. The van der Waals surface area contributed by atoms with E-state index in [1.807, 2.05) is 19.1 Å². The van der Waals surface area contributed by atoms with Crippen LogP contribution in [0.4, 0.5) is 11.4 Å². The molecule has 2 heterocycles. The molecule has 2 fully saturated rings. The molecule has 1 atom stereocenters. The van der Waals surface area contributed by atoms with Gasteiger partial charge < -0.3 is 20.9 Å². The normalized spacial score (nSPS) is 20.3. The van der Waals surface area contributed by atoms with Crippen LogP contribution in [-0.2, 0) is 9.59 Å². The van der Waals surface area contributed by atoms with Crippen LogP contribution in [0.3, 0.4) is 0 Å². The Labute approximate surface area is 160 Å². The highest BCUT2D eigenvalue weighted by Gasteiger charge is 2.30. The maximum absolute atomic E-state index is 12.0. The molecule has 0 aliphatic carbocycles. The molecule has 0 aromatic heterocycles. The number of hydrogen-bond donors (Lipinski definition) is 2. The van der Waals surface area contributed by atoms with Crippen molar-refractivity contribution in [3.8, 4) is 0 Å². The summed E-state index contributed by atoms with van der Waals surface area (Å²) in [5.74, 6) is -1.22. The number of hydrogen-bond acceptors (Lipinski definition) is 4. The van der Waals surface area contributed by atoms with E-state index in [9.17, 15) is 9.59 Å². The van der Waals surface area contributed by atoms with Crippen molar-refractivity contribution < 1.29 is 15.3 Å².